The van der Waals surface area contributed by atoms with Crippen LogP contribution in [-0.4, -0.2) is 65.4 Å². The molecule has 0 spiro atoms. The standard InChI is InChI=1S/C22H32N4O2/c1-17-14-18(22(2,3)4)6-7-20(17)28-16-19(27)15-25-10-12-26(13-11-25)21-23-8-5-9-24-21/h5-9,14,19,27H,10-13,15-16H2,1-4H3/t19-/m0/s1. The van der Waals surface area contributed by atoms with Gasteiger partial charge in [-0.2, -0.15) is 0 Å². The second-order valence-corrected chi connectivity index (χ2v) is 8.53. The van der Waals surface area contributed by atoms with Crippen LogP contribution in [0.25, 0.3) is 0 Å². The van der Waals surface area contributed by atoms with Crippen molar-refractivity contribution < 1.29 is 9.84 Å². The largest absolute Gasteiger partial charge is 0.491 e. The molecule has 1 saturated heterocycles. The van der Waals surface area contributed by atoms with E-state index in [1.165, 1.54) is 5.56 Å². The van der Waals surface area contributed by atoms with Crippen LogP contribution < -0.4 is 9.64 Å². The van der Waals surface area contributed by atoms with Crippen molar-refractivity contribution in [3.8, 4) is 5.75 Å². The van der Waals surface area contributed by atoms with Crippen LogP contribution in [0.4, 0.5) is 5.95 Å². The molecule has 3 rings (SSSR count). The number of piperazine rings is 1. The quantitative estimate of drug-likeness (QED) is 0.826. The lowest BCUT2D eigenvalue weighted by Gasteiger charge is -2.35. The fourth-order valence-corrected chi connectivity index (χ4v) is 3.40. The lowest BCUT2D eigenvalue weighted by molar-refractivity contribution is 0.0660. The molecule has 0 radical (unpaired) electrons. The van der Waals surface area contributed by atoms with Crippen LogP contribution in [0.5, 0.6) is 5.75 Å². The minimum absolute atomic E-state index is 0.121. The van der Waals surface area contributed by atoms with Crippen molar-refractivity contribution in [2.24, 2.45) is 0 Å². The maximum Gasteiger partial charge on any atom is 0.225 e. The van der Waals surface area contributed by atoms with E-state index in [0.717, 1.165) is 43.4 Å². The van der Waals surface area contributed by atoms with Crippen molar-refractivity contribution in [1.29, 1.82) is 0 Å². The molecule has 0 bridgehead atoms. The molecule has 1 N–H and O–H groups in total. The normalized spacial score (nSPS) is 16.8. The molecule has 1 aliphatic rings. The summed E-state index contributed by atoms with van der Waals surface area (Å²) in [5.41, 5.74) is 2.52. The van der Waals surface area contributed by atoms with Gasteiger partial charge in [0.05, 0.1) is 0 Å². The smallest absolute Gasteiger partial charge is 0.225 e. The molecule has 28 heavy (non-hydrogen) atoms. The summed E-state index contributed by atoms with van der Waals surface area (Å²) in [6, 6.07) is 8.13. The molecular formula is C22H32N4O2. The molecule has 1 aromatic heterocycles. The molecule has 2 aromatic rings. The summed E-state index contributed by atoms with van der Waals surface area (Å²) in [5.74, 6) is 1.62. The Balaban J connectivity index is 1.45. The van der Waals surface area contributed by atoms with E-state index < -0.39 is 6.10 Å². The van der Waals surface area contributed by atoms with E-state index in [9.17, 15) is 5.11 Å². The number of aliphatic hydroxyl groups is 1. The lowest BCUT2D eigenvalue weighted by Crippen LogP contribution is -2.49. The second-order valence-electron chi connectivity index (χ2n) is 8.53. The highest BCUT2D eigenvalue weighted by atomic mass is 16.5. The zero-order valence-electron chi connectivity index (χ0n) is 17.4. The third kappa shape index (κ3) is 5.42. The molecule has 1 aliphatic heterocycles. The van der Waals surface area contributed by atoms with Crippen molar-refractivity contribution in [3.63, 3.8) is 0 Å². The number of hydrogen-bond donors (Lipinski definition) is 1. The minimum atomic E-state index is -0.513. The SMILES string of the molecule is Cc1cc(C(C)(C)C)ccc1OC[C@@H](O)CN1CCN(c2ncccn2)CC1. The highest BCUT2D eigenvalue weighted by molar-refractivity contribution is 5.38. The molecule has 1 aromatic carbocycles. The summed E-state index contributed by atoms with van der Waals surface area (Å²) in [4.78, 5) is 13.1. The Bertz CT molecular complexity index is 753. The summed E-state index contributed by atoms with van der Waals surface area (Å²) in [7, 11) is 0. The molecule has 0 aliphatic carbocycles. The molecule has 1 atom stereocenters. The average Bonchev–Trinajstić information content (AvgIpc) is 2.67. The van der Waals surface area contributed by atoms with Gasteiger partial charge in [-0.25, -0.2) is 9.97 Å². The fraction of sp³-hybridized carbons (Fsp3) is 0.545. The van der Waals surface area contributed by atoms with E-state index in [4.69, 9.17) is 4.74 Å². The monoisotopic (exact) mass is 384 g/mol. The first-order valence-corrected chi connectivity index (χ1v) is 9.99. The number of anilines is 1. The van der Waals surface area contributed by atoms with Gasteiger partial charge in [0.1, 0.15) is 18.5 Å². The number of nitrogens with zero attached hydrogens (tertiary/aromatic N) is 4. The van der Waals surface area contributed by atoms with E-state index in [0.29, 0.717) is 13.2 Å². The van der Waals surface area contributed by atoms with Gasteiger partial charge < -0.3 is 14.7 Å². The van der Waals surface area contributed by atoms with Gasteiger partial charge in [-0.1, -0.05) is 32.9 Å². The first-order chi connectivity index (χ1) is 13.3. The van der Waals surface area contributed by atoms with Crippen molar-refractivity contribution in [2.75, 3.05) is 44.2 Å². The first-order valence-electron chi connectivity index (χ1n) is 9.99. The van der Waals surface area contributed by atoms with Crippen LogP contribution in [0.15, 0.2) is 36.7 Å². The van der Waals surface area contributed by atoms with Crippen LogP contribution in [0.1, 0.15) is 31.9 Å². The Kier molecular flexibility index (Phi) is 6.52. The van der Waals surface area contributed by atoms with Gasteiger partial charge in [0, 0.05) is 45.1 Å². The molecular weight excluding hydrogens is 352 g/mol. The van der Waals surface area contributed by atoms with Crippen LogP contribution in [0, 0.1) is 6.92 Å². The van der Waals surface area contributed by atoms with Gasteiger partial charge in [-0.3, -0.25) is 4.90 Å². The molecule has 6 heteroatoms. The van der Waals surface area contributed by atoms with Gasteiger partial charge in [0.15, 0.2) is 0 Å². The summed E-state index contributed by atoms with van der Waals surface area (Å²) in [6.07, 6.45) is 3.03. The average molecular weight is 385 g/mol. The Labute approximate surface area is 168 Å². The van der Waals surface area contributed by atoms with Crippen LogP contribution >= 0.6 is 0 Å². The zero-order chi connectivity index (χ0) is 20.1. The van der Waals surface area contributed by atoms with Crippen molar-refractivity contribution in [1.82, 2.24) is 14.9 Å². The molecule has 0 saturated carbocycles. The molecule has 0 amide bonds. The number of β-amino-alcohol motifs (C(OH)–C–C–N with tert-alkyl or cyclic N) is 1. The zero-order valence-corrected chi connectivity index (χ0v) is 17.4. The van der Waals surface area contributed by atoms with E-state index in [-0.39, 0.29) is 5.41 Å². The summed E-state index contributed by atoms with van der Waals surface area (Å²) < 4.78 is 5.89. The van der Waals surface area contributed by atoms with E-state index >= 15 is 0 Å². The predicted molar refractivity (Wildman–Crippen MR) is 112 cm³/mol. The Morgan fingerprint density at radius 3 is 2.39 bits per heavy atom. The van der Waals surface area contributed by atoms with Gasteiger partial charge >= 0.3 is 0 Å². The number of rotatable bonds is 6. The van der Waals surface area contributed by atoms with Crippen LogP contribution in [0.2, 0.25) is 0 Å². The summed E-state index contributed by atoms with van der Waals surface area (Å²) in [6.45, 7) is 13.1. The molecule has 152 valence electrons. The third-order valence-corrected chi connectivity index (χ3v) is 5.15. The van der Waals surface area contributed by atoms with Crippen molar-refractivity contribution in [2.45, 2.75) is 39.2 Å². The summed E-state index contributed by atoms with van der Waals surface area (Å²) >= 11 is 0. The summed E-state index contributed by atoms with van der Waals surface area (Å²) in [5, 5.41) is 10.4. The number of hydrogen-bond acceptors (Lipinski definition) is 6. The maximum absolute atomic E-state index is 10.4. The first kappa shape index (κ1) is 20.6. The van der Waals surface area contributed by atoms with Gasteiger partial charge in [0.25, 0.3) is 0 Å². The van der Waals surface area contributed by atoms with E-state index in [2.05, 4.69) is 59.6 Å². The Morgan fingerprint density at radius 1 is 1.11 bits per heavy atom. The molecule has 0 unspecified atom stereocenters. The fourth-order valence-electron chi connectivity index (χ4n) is 3.40. The van der Waals surface area contributed by atoms with Gasteiger partial charge in [-0.15, -0.1) is 0 Å². The predicted octanol–water partition coefficient (Wildman–Crippen LogP) is 2.64. The topological polar surface area (TPSA) is 61.7 Å². The third-order valence-electron chi connectivity index (χ3n) is 5.15. The molecule has 2 heterocycles. The molecule has 1 fully saturated rings. The highest BCUT2D eigenvalue weighted by Crippen LogP contribution is 2.27. The van der Waals surface area contributed by atoms with Gasteiger partial charge in [-0.05, 0) is 35.6 Å². The second kappa shape index (κ2) is 8.88. The highest BCUT2D eigenvalue weighted by Gasteiger charge is 2.21. The number of aliphatic hydroxyl groups excluding tert-OH is 1. The molecule has 6 nitrogen and oxygen atoms in total. The van der Waals surface area contributed by atoms with Crippen molar-refractivity contribution >= 4 is 5.95 Å². The number of benzene rings is 1. The van der Waals surface area contributed by atoms with Crippen molar-refractivity contribution in [3.05, 3.63) is 47.8 Å². The van der Waals surface area contributed by atoms with E-state index in [1.54, 1.807) is 12.4 Å². The van der Waals surface area contributed by atoms with Crippen LogP contribution in [-0.2, 0) is 5.41 Å². The number of ether oxygens (including phenoxy) is 1. The minimum Gasteiger partial charge on any atom is -0.491 e. The number of aromatic nitrogens is 2. The van der Waals surface area contributed by atoms with E-state index in [1.807, 2.05) is 12.1 Å². The van der Waals surface area contributed by atoms with Gasteiger partial charge in [0.2, 0.25) is 5.95 Å². The Hall–Kier alpha value is -2.18. The lowest BCUT2D eigenvalue weighted by atomic mass is 9.86. The maximum atomic E-state index is 10.4. The number of aryl methyl sites for hydroxylation is 1. The van der Waals surface area contributed by atoms with Crippen LogP contribution in [0.3, 0.4) is 0 Å². The Morgan fingerprint density at radius 2 is 1.79 bits per heavy atom.